The molecule has 0 fully saturated rings. The normalized spacial score (nSPS) is 16.9. The number of methoxy groups -OCH3 is 2. The third kappa shape index (κ3) is 2.44. The number of hydrogen-bond acceptors (Lipinski definition) is 4. The van der Waals surface area contributed by atoms with Crippen molar-refractivity contribution in [2.45, 2.75) is 12.3 Å². The van der Waals surface area contributed by atoms with Crippen LogP contribution in [0.15, 0.2) is 42.5 Å². The first-order valence-corrected chi connectivity index (χ1v) is 6.74. The van der Waals surface area contributed by atoms with Gasteiger partial charge in [0.2, 0.25) is 0 Å². The Labute approximate surface area is 123 Å². The second-order valence-electron chi connectivity index (χ2n) is 4.88. The van der Waals surface area contributed by atoms with Crippen molar-refractivity contribution in [3.63, 3.8) is 0 Å². The predicted octanol–water partition coefficient (Wildman–Crippen LogP) is 3.14. The van der Waals surface area contributed by atoms with Gasteiger partial charge in [-0.1, -0.05) is 24.3 Å². The van der Waals surface area contributed by atoms with Crippen LogP contribution in [0, 0.1) is 0 Å². The molecule has 0 N–H and O–H groups in total. The monoisotopic (exact) mass is 284 g/mol. The molecule has 0 radical (unpaired) electrons. The van der Waals surface area contributed by atoms with Gasteiger partial charge in [0.15, 0.2) is 0 Å². The molecule has 0 saturated heterocycles. The van der Waals surface area contributed by atoms with E-state index in [2.05, 4.69) is 0 Å². The summed E-state index contributed by atoms with van der Waals surface area (Å²) in [5.41, 5.74) is 1.96. The maximum Gasteiger partial charge on any atom is 0.312 e. The van der Waals surface area contributed by atoms with Crippen LogP contribution >= 0.6 is 0 Å². The lowest BCUT2D eigenvalue weighted by Crippen LogP contribution is -2.21. The quantitative estimate of drug-likeness (QED) is 0.641. The number of ether oxygens (including phenoxy) is 3. The molecule has 0 bridgehead atoms. The van der Waals surface area contributed by atoms with E-state index in [-0.39, 0.29) is 11.9 Å². The Balaban J connectivity index is 2.11. The molecule has 2 aromatic carbocycles. The van der Waals surface area contributed by atoms with E-state index >= 15 is 0 Å². The fraction of sp³-hybridized carbons (Fsp3) is 0.235. The summed E-state index contributed by atoms with van der Waals surface area (Å²) < 4.78 is 15.9. The molecule has 1 aliphatic rings. The fourth-order valence-corrected chi connectivity index (χ4v) is 2.69. The van der Waals surface area contributed by atoms with Crippen molar-refractivity contribution >= 4 is 5.97 Å². The predicted molar refractivity (Wildman–Crippen MR) is 78.1 cm³/mol. The summed E-state index contributed by atoms with van der Waals surface area (Å²) in [5.74, 6) is 1.69. The van der Waals surface area contributed by atoms with Crippen molar-refractivity contribution in [1.29, 1.82) is 0 Å². The lowest BCUT2D eigenvalue weighted by atomic mass is 9.86. The number of benzene rings is 2. The zero-order chi connectivity index (χ0) is 14.8. The van der Waals surface area contributed by atoms with E-state index in [9.17, 15) is 4.79 Å². The van der Waals surface area contributed by atoms with E-state index in [1.54, 1.807) is 20.3 Å². The zero-order valence-corrected chi connectivity index (χ0v) is 12.0. The van der Waals surface area contributed by atoms with Crippen molar-refractivity contribution in [2.24, 2.45) is 0 Å². The molecule has 0 spiro atoms. The molecule has 108 valence electrons. The van der Waals surface area contributed by atoms with E-state index in [0.717, 1.165) is 16.9 Å². The molecule has 1 atom stereocenters. The number of fused-ring (bicyclic) bond motifs is 1. The van der Waals surface area contributed by atoms with Crippen LogP contribution in [0.4, 0.5) is 0 Å². The van der Waals surface area contributed by atoms with Gasteiger partial charge in [0.1, 0.15) is 17.2 Å². The van der Waals surface area contributed by atoms with E-state index in [4.69, 9.17) is 14.2 Å². The van der Waals surface area contributed by atoms with Gasteiger partial charge in [0.25, 0.3) is 0 Å². The average Bonchev–Trinajstić information content (AvgIpc) is 2.53. The highest BCUT2D eigenvalue weighted by molar-refractivity contribution is 5.78. The van der Waals surface area contributed by atoms with Crippen LogP contribution in [0.1, 0.15) is 23.5 Å². The molecule has 4 heteroatoms. The van der Waals surface area contributed by atoms with Crippen molar-refractivity contribution in [3.05, 3.63) is 53.6 Å². The summed E-state index contributed by atoms with van der Waals surface area (Å²) in [6, 6.07) is 13.3. The number of para-hydroxylation sites is 1. The highest BCUT2D eigenvalue weighted by atomic mass is 16.5. The first kappa shape index (κ1) is 13.5. The van der Waals surface area contributed by atoms with Gasteiger partial charge in [-0.3, -0.25) is 4.79 Å². The second kappa shape index (κ2) is 5.48. The summed E-state index contributed by atoms with van der Waals surface area (Å²) in [5, 5.41) is 0. The summed E-state index contributed by atoms with van der Waals surface area (Å²) in [6.45, 7) is 0. The molecule has 1 aliphatic heterocycles. The summed E-state index contributed by atoms with van der Waals surface area (Å²) in [7, 11) is 3.22. The lowest BCUT2D eigenvalue weighted by Gasteiger charge is -2.26. The van der Waals surface area contributed by atoms with Gasteiger partial charge in [-0.15, -0.1) is 0 Å². The molecule has 4 nitrogen and oxygen atoms in total. The van der Waals surface area contributed by atoms with Gasteiger partial charge < -0.3 is 14.2 Å². The molecule has 2 aromatic rings. The number of esters is 1. The number of hydrogen-bond donors (Lipinski definition) is 0. The van der Waals surface area contributed by atoms with Gasteiger partial charge in [-0.2, -0.15) is 0 Å². The van der Waals surface area contributed by atoms with Crippen molar-refractivity contribution in [3.8, 4) is 17.2 Å². The Bertz CT molecular complexity index is 678. The third-order valence-corrected chi connectivity index (χ3v) is 3.71. The van der Waals surface area contributed by atoms with Crippen molar-refractivity contribution < 1.29 is 19.0 Å². The van der Waals surface area contributed by atoms with Crippen LogP contribution in [0.25, 0.3) is 0 Å². The van der Waals surface area contributed by atoms with Crippen molar-refractivity contribution in [2.75, 3.05) is 14.2 Å². The third-order valence-electron chi connectivity index (χ3n) is 3.71. The minimum absolute atomic E-state index is 0.0664. The molecule has 0 aromatic heterocycles. The maximum atomic E-state index is 11.9. The van der Waals surface area contributed by atoms with Crippen LogP contribution in [0.2, 0.25) is 0 Å². The Morgan fingerprint density at radius 3 is 2.62 bits per heavy atom. The van der Waals surface area contributed by atoms with Crippen LogP contribution in [-0.4, -0.2) is 20.2 Å². The smallest absolute Gasteiger partial charge is 0.312 e. The van der Waals surface area contributed by atoms with E-state index < -0.39 is 0 Å². The molecular formula is C17H16O4. The Kier molecular flexibility index (Phi) is 3.52. The standard InChI is InChI=1S/C17H16O4/c1-19-11-7-8-13-14(10-17(18)21-16(13)9-11)12-5-3-4-6-15(12)20-2/h3-9,14H,10H2,1-2H3/t14-/m1/s1. The highest BCUT2D eigenvalue weighted by Gasteiger charge is 2.30. The van der Waals surface area contributed by atoms with Gasteiger partial charge in [0, 0.05) is 23.1 Å². The molecule has 0 amide bonds. The Morgan fingerprint density at radius 1 is 1.05 bits per heavy atom. The average molecular weight is 284 g/mol. The van der Waals surface area contributed by atoms with Gasteiger partial charge in [-0.05, 0) is 12.1 Å². The Morgan fingerprint density at radius 2 is 1.86 bits per heavy atom. The molecule has 3 rings (SSSR count). The van der Waals surface area contributed by atoms with Crippen LogP contribution in [0.5, 0.6) is 17.2 Å². The summed E-state index contributed by atoms with van der Waals surface area (Å²) in [6.07, 6.45) is 0.305. The highest BCUT2D eigenvalue weighted by Crippen LogP contribution is 2.42. The topological polar surface area (TPSA) is 44.8 Å². The summed E-state index contributed by atoms with van der Waals surface area (Å²) in [4.78, 5) is 11.9. The van der Waals surface area contributed by atoms with Crippen LogP contribution in [-0.2, 0) is 4.79 Å². The van der Waals surface area contributed by atoms with Gasteiger partial charge in [0.05, 0.1) is 20.6 Å². The SMILES string of the molecule is COc1ccc2c(c1)OC(=O)C[C@@H]2c1ccccc1OC. The van der Waals surface area contributed by atoms with Crippen LogP contribution in [0.3, 0.4) is 0 Å². The molecule has 0 saturated carbocycles. The second-order valence-corrected chi connectivity index (χ2v) is 4.88. The molecular weight excluding hydrogens is 268 g/mol. The lowest BCUT2D eigenvalue weighted by molar-refractivity contribution is -0.135. The molecule has 1 heterocycles. The van der Waals surface area contributed by atoms with E-state index in [1.807, 2.05) is 36.4 Å². The largest absolute Gasteiger partial charge is 0.497 e. The minimum Gasteiger partial charge on any atom is -0.497 e. The first-order valence-electron chi connectivity index (χ1n) is 6.74. The molecule has 0 unspecified atom stereocenters. The van der Waals surface area contributed by atoms with Gasteiger partial charge >= 0.3 is 5.97 Å². The zero-order valence-electron chi connectivity index (χ0n) is 12.0. The van der Waals surface area contributed by atoms with Gasteiger partial charge in [-0.25, -0.2) is 0 Å². The number of rotatable bonds is 3. The Hall–Kier alpha value is -2.49. The van der Waals surface area contributed by atoms with Crippen LogP contribution < -0.4 is 14.2 Å². The molecule has 21 heavy (non-hydrogen) atoms. The van der Waals surface area contributed by atoms with E-state index in [0.29, 0.717) is 17.9 Å². The van der Waals surface area contributed by atoms with E-state index in [1.165, 1.54) is 0 Å². The minimum atomic E-state index is -0.244. The first-order chi connectivity index (χ1) is 10.2. The number of carbonyl (C=O) groups excluding carboxylic acids is 1. The fourth-order valence-electron chi connectivity index (χ4n) is 2.69. The maximum absolute atomic E-state index is 11.9. The van der Waals surface area contributed by atoms with Crippen molar-refractivity contribution in [1.82, 2.24) is 0 Å². The molecule has 0 aliphatic carbocycles. The summed E-state index contributed by atoms with van der Waals surface area (Å²) >= 11 is 0. The number of carbonyl (C=O) groups is 1.